The fraction of sp³-hybridized carbons (Fsp3) is 0.111. The van der Waals surface area contributed by atoms with Crippen molar-refractivity contribution in [1.29, 1.82) is 0 Å². The summed E-state index contributed by atoms with van der Waals surface area (Å²) in [5, 5.41) is 6.13. The van der Waals surface area contributed by atoms with E-state index < -0.39 is 0 Å². The zero-order valence-corrected chi connectivity index (χ0v) is 44.3. The second-order valence-electron chi connectivity index (χ2n) is 21.1. The lowest BCUT2D eigenvalue weighted by Gasteiger charge is -2.32. The van der Waals surface area contributed by atoms with Crippen LogP contribution in [0.5, 0.6) is 0 Å². The van der Waals surface area contributed by atoms with Gasteiger partial charge >= 0.3 is 0 Å². The van der Waals surface area contributed by atoms with Crippen molar-refractivity contribution in [3.05, 3.63) is 262 Å². The van der Waals surface area contributed by atoms with Gasteiger partial charge in [-0.05, 0) is 193 Å². The Kier molecular flexibility index (Phi) is 12.1. The molecule has 0 aromatic heterocycles. The summed E-state index contributed by atoms with van der Waals surface area (Å²) in [6.07, 6.45) is 0. The number of benzene rings is 12. The Hall–Kier alpha value is -8.86. The van der Waals surface area contributed by atoms with E-state index in [-0.39, 0.29) is 11.6 Å². The Balaban J connectivity index is 1.14. The summed E-state index contributed by atoms with van der Waals surface area (Å²) >= 11 is 0. The fourth-order valence-electron chi connectivity index (χ4n) is 11.5. The molecule has 0 spiro atoms. The normalized spacial score (nSPS) is 11.6. The largest absolute Gasteiger partial charge is 0.307 e. The van der Waals surface area contributed by atoms with Gasteiger partial charge in [0.05, 0.1) is 22.7 Å². The molecular weight excluding hydrogens is 931 g/mol. The second-order valence-corrected chi connectivity index (χ2v) is 21.1. The summed E-state index contributed by atoms with van der Waals surface area (Å²) in [6, 6.07) is 71.4. The SMILES string of the molecule is Cc1ccc(-c2cc(F)c(N(c3cc(C)cc(C)c3)c3ccc4ccc5c(N(c6cc(C)cc(C)c6)c6c(F)cc(-c7ccc(C)cc7)cc6-c6ccc(C)cc6)ccc6ccc3c4c65)c(-c3ccc(C)cc3)c2)cc1. The minimum atomic E-state index is -0.329. The van der Waals surface area contributed by atoms with E-state index >= 15 is 8.78 Å². The van der Waals surface area contributed by atoms with Crippen LogP contribution in [0, 0.1) is 67.0 Å². The summed E-state index contributed by atoms with van der Waals surface area (Å²) in [6.45, 7) is 16.7. The molecule has 76 heavy (non-hydrogen) atoms. The Morgan fingerprint density at radius 1 is 0.263 bits per heavy atom. The van der Waals surface area contributed by atoms with Crippen molar-refractivity contribution < 1.29 is 8.78 Å². The van der Waals surface area contributed by atoms with Gasteiger partial charge in [-0.25, -0.2) is 8.78 Å². The number of halogens is 2. The highest BCUT2D eigenvalue weighted by Crippen LogP contribution is 2.52. The smallest absolute Gasteiger partial charge is 0.148 e. The van der Waals surface area contributed by atoms with E-state index in [1.807, 2.05) is 0 Å². The van der Waals surface area contributed by atoms with Crippen LogP contribution in [0.2, 0.25) is 0 Å². The minimum absolute atomic E-state index is 0.329. The lowest BCUT2D eigenvalue weighted by molar-refractivity contribution is 0.629. The first-order valence-electron chi connectivity index (χ1n) is 26.2. The van der Waals surface area contributed by atoms with Crippen molar-refractivity contribution in [2.75, 3.05) is 9.80 Å². The number of anilines is 6. The van der Waals surface area contributed by atoms with Crippen LogP contribution in [-0.4, -0.2) is 0 Å². The highest BCUT2D eigenvalue weighted by Gasteiger charge is 2.29. The molecule has 0 aliphatic carbocycles. The maximum atomic E-state index is 18.0. The van der Waals surface area contributed by atoms with Gasteiger partial charge in [-0.15, -0.1) is 0 Å². The summed E-state index contributed by atoms with van der Waals surface area (Å²) in [4.78, 5) is 4.27. The summed E-state index contributed by atoms with van der Waals surface area (Å²) < 4.78 is 36.1. The third kappa shape index (κ3) is 8.74. The molecule has 370 valence electrons. The molecule has 0 radical (unpaired) electrons. The molecular formula is C72H58F2N2. The van der Waals surface area contributed by atoms with Crippen LogP contribution in [0.1, 0.15) is 44.5 Å². The standard InChI is InChI=1S/C72H58F2N2/c1-43-9-17-51(18-10-43)57-39-63(53-21-13-45(3)14-22-53)71(65(73)41-57)75(59-35-47(5)33-48(6)36-59)67-31-27-55-26-30-62-68(32-28-56-25-29-61(67)69(55)70(56)62)76(60-37-49(7)34-50(8)38-60)72-64(54-23-15-46(4)16-24-54)40-58(42-66(72)74)52-19-11-44(2)12-20-52/h9-42H,1-8H3. The first-order chi connectivity index (χ1) is 36.7. The number of nitrogens with zero attached hydrogens (tertiary/aromatic N) is 2. The third-order valence-corrected chi connectivity index (χ3v) is 15.1. The third-order valence-electron chi connectivity index (χ3n) is 15.1. The Labute approximate surface area is 445 Å². The van der Waals surface area contributed by atoms with E-state index in [9.17, 15) is 0 Å². The van der Waals surface area contributed by atoms with E-state index in [2.05, 4.69) is 259 Å². The highest BCUT2D eigenvalue weighted by atomic mass is 19.1. The quantitative estimate of drug-likeness (QED) is 0.126. The molecule has 0 aliphatic heterocycles. The zero-order valence-electron chi connectivity index (χ0n) is 44.3. The predicted octanol–water partition coefficient (Wildman–Crippen LogP) is 20.9. The monoisotopic (exact) mass is 988 g/mol. The number of hydrogen-bond acceptors (Lipinski definition) is 2. The second kappa shape index (κ2) is 19.1. The van der Waals surface area contributed by atoms with Crippen molar-refractivity contribution in [1.82, 2.24) is 0 Å². The molecule has 12 aromatic carbocycles. The fourth-order valence-corrected chi connectivity index (χ4v) is 11.5. The van der Waals surface area contributed by atoms with Crippen LogP contribution in [0.25, 0.3) is 76.8 Å². The molecule has 2 nitrogen and oxygen atoms in total. The molecule has 0 unspecified atom stereocenters. The first kappa shape index (κ1) is 48.1. The van der Waals surface area contributed by atoms with E-state index in [0.717, 1.165) is 144 Å². The van der Waals surface area contributed by atoms with Crippen molar-refractivity contribution in [3.63, 3.8) is 0 Å². The summed E-state index contributed by atoms with van der Waals surface area (Å²) in [7, 11) is 0. The predicted molar refractivity (Wildman–Crippen MR) is 319 cm³/mol. The van der Waals surface area contributed by atoms with Crippen LogP contribution < -0.4 is 9.80 Å². The van der Waals surface area contributed by atoms with Crippen LogP contribution in [-0.2, 0) is 0 Å². The molecule has 0 fully saturated rings. The van der Waals surface area contributed by atoms with Crippen molar-refractivity contribution in [2.45, 2.75) is 55.4 Å². The van der Waals surface area contributed by atoms with Crippen molar-refractivity contribution in [3.8, 4) is 44.5 Å². The molecule has 0 saturated carbocycles. The number of aryl methyl sites for hydroxylation is 8. The Morgan fingerprint density at radius 2 is 0.566 bits per heavy atom. The average Bonchev–Trinajstić information content (AvgIpc) is 3.40. The van der Waals surface area contributed by atoms with Gasteiger partial charge in [-0.2, -0.15) is 0 Å². The highest BCUT2D eigenvalue weighted by molar-refractivity contribution is 6.28. The molecule has 0 N–H and O–H groups in total. The molecule has 0 amide bonds. The molecule has 0 saturated heterocycles. The van der Waals surface area contributed by atoms with Gasteiger partial charge in [0.25, 0.3) is 0 Å². The number of rotatable bonds is 10. The average molecular weight is 989 g/mol. The number of hydrogen-bond donors (Lipinski definition) is 0. The molecule has 0 heterocycles. The lowest BCUT2D eigenvalue weighted by Crippen LogP contribution is -2.15. The van der Waals surface area contributed by atoms with Gasteiger partial charge in [0.2, 0.25) is 0 Å². The maximum Gasteiger partial charge on any atom is 0.148 e. The van der Waals surface area contributed by atoms with Gasteiger partial charge in [0.15, 0.2) is 0 Å². The molecule has 12 rings (SSSR count). The molecule has 4 heteroatoms. The van der Waals surface area contributed by atoms with Gasteiger partial charge < -0.3 is 9.80 Å². The summed E-state index contributed by atoms with van der Waals surface area (Å²) in [5.41, 5.74) is 20.1. The van der Waals surface area contributed by atoms with E-state index in [0.29, 0.717) is 11.4 Å². The first-order valence-corrected chi connectivity index (χ1v) is 26.2. The zero-order chi connectivity index (χ0) is 52.5. The van der Waals surface area contributed by atoms with Gasteiger partial charge in [0.1, 0.15) is 11.6 Å². The van der Waals surface area contributed by atoms with E-state index in [4.69, 9.17) is 0 Å². The van der Waals surface area contributed by atoms with E-state index in [1.165, 1.54) is 0 Å². The summed E-state index contributed by atoms with van der Waals surface area (Å²) in [5.74, 6) is -0.658. The molecule has 0 bridgehead atoms. The Bertz CT molecular complexity index is 3880. The van der Waals surface area contributed by atoms with Crippen LogP contribution in [0.4, 0.5) is 42.9 Å². The van der Waals surface area contributed by atoms with Crippen LogP contribution in [0.3, 0.4) is 0 Å². The maximum absolute atomic E-state index is 18.0. The lowest BCUT2D eigenvalue weighted by atomic mass is 9.90. The molecule has 0 atom stereocenters. The van der Waals surface area contributed by atoms with Gasteiger partial charge in [0, 0.05) is 33.3 Å². The van der Waals surface area contributed by atoms with Crippen LogP contribution in [0.15, 0.2) is 206 Å². The van der Waals surface area contributed by atoms with Gasteiger partial charge in [-0.1, -0.05) is 168 Å². The minimum Gasteiger partial charge on any atom is -0.307 e. The molecule has 0 aliphatic rings. The van der Waals surface area contributed by atoms with Crippen molar-refractivity contribution in [2.24, 2.45) is 0 Å². The topological polar surface area (TPSA) is 6.48 Å². The van der Waals surface area contributed by atoms with Gasteiger partial charge in [-0.3, -0.25) is 0 Å². The molecule has 12 aromatic rings. The van der Waals surface area contributed by atoms with E-state index in [1.54, 1.807) is 12.1 Å². The Morgan fingerprint density at radius 3 is 0.895 bits per heavy atom. The van der Waals surface area contributed by atoms with Crippen LogP contribution >= 0.6 is 0 Å². The van der Waals surface area contributed by atoms with Crippen molar-refractivity contribution >= 4 is 66.4 Å².